The van der Waals surface area contributed by atoms with Crippen LogP contribution in [0.3, 0.4) is 0 Å². The molecule has 12 heavy (non-hydrogen) atoms. The molecular weight excluding hydrogens is 152 g/mol. The van der Waals surface area contributed by atoms with E-state index in [2.05, 4.69) is 0 Å². The van der Waals surface area contributed by atoms with Gasteiger partial charge < -0.3 is 9.47 Å². The fourth-order valence-corrected chi connectivity index (χ4v) is 0.995. The van der Waals surface area contributed by atoms with Gasteiger partial charge in [-0.3, -0.25) is 0 Å². The second-order valence-electron chi connectivity index (χ2n) is 3.20. The molecule has 0 N–H and O–H groups in total. The maximum atomic E-state index is 5.50. The number of hydrogen-bond donors (Lipinski definition) is 0. The predicted molar refractivity (Wildman–Crippen MR) is 45.6 cm³/mol. The molecular formula is C10H12O2. The average molecular weight is 164 g/mol. The van der Waals surface area contributed by atoms with Crippen LogP contribution in [0, 0.1) is 0 Å². The van der Waals surface area contributed by atoms with Crippen LogP contribution in [-0.2, 0) is 16.1 Å². The molecule has 2 rings (SSSR count). The van der Waals surface area contributed by atoms with Crippen LogP contribution in [0.5, 0.6) is 0 Å². The van der Waals surface area contributed by atoms with Crippen LogP contribution in [0.4, 0.5) is 0 Å². The van der Waals surface area contributed by atoms with Gasteiger partial charge >= 0.3 is 0 Å². The van der Waals surface area contributed by atoms with Crippen molar-refractivity contribution in [1.82, 2.24) is 0 Å². The monoisotopic (exact) mass is 164 g/mol. The third-order valence-electron chi connectivity index (χ3n) is 1.94. The molecule has 1 fully saturated rings. The Morgan fingerprint density at radius 2 is 2.08 bits per heavy atom. The van der Waals surface area contributed by atoms with E-state index in [-0.39, 0.29) is 5.79 Å². The van der Waals surface area contributed by atoms with Gasteiger partial charge in [-0.25, -0.2) is 0 Å². The number of epoxide rings is 1. The highest BCUT2D eigenvalue weighted by atomic mass is 16.8. The first kappa shape index (κ1) is 7.77. The van der Waals surface area contributed by atoms with E-state index >= 15 is 0 Å². The summed E-state index contributed by atoms with van der Waals surface area (Å²) >= 11 is 0. The lowest BCUT2D eigenvalue weighted by molar-refractivity contribution is -0.0401. The summed E-state index contributed by atoms with van der Waals surface area (Å²) in [5, 5.41) is 0. The van der Waals surface area contributed by atoms with E-state index in [0.717, 1.165) is 6.61 Å². The lowest BCUT2D eigenvalue weighted by Crippen LogP contribution is -2.09. The molecule has 1 atom stereocenters. The first-order valence-electron chi connectivity index (χ1n) is 4.10. The Hall–Kier alpha value is -0.860. The maximum Gasteiger partial charge on any atom is 0.189 e. The molecule has 0 saturated carbocycles. The highest BCUT2D eigenvalue weighted by Gasteiger charge is 2.40. The third kappa shape index (κ3) is 1.84. The van der Waals surface area contributed by atoms with Crippen LogP contribution < -0.4 is 0 Å². The van der Waals surface area contributed by atoms with Crippen molar-refractivity contribution in [3.8, 4) is 0 Å². The molecule has 0 unspecified atom stereocenters. The Bertz CT molecular complexity index is 252. The SMILES string of the molecule is C[C@@]1(OCc2ccccc2)CO1. The first-order chi connectivity index (χ1) is 5.79. The van der Waals surface area contributed by atoms with E-state index in [1.807, 2.05) is 37.3 Å². The maximum absolute atomic E-state index is 5.50. The zero-order chi connectivity index (χ0) is 8.44. The van der Waals surface area contributed by atoms with Crippen LogP contribution in [-0.4, -0.2) is 12.4 Å². The zero-order valence-electron chi connectivity index (χ0n) is 7.12. The van der Waals surface area contributed by atoms with Crippen molar-refractivity contribution < 1.29 is 9.47 Å². The van der Waals surface area contributed by atoms with Crippen molar-refractivity contribution in [1.29, 1.82) is 0 Å². The molecule has 0 spiro atoms. The molecule has 1 saturated heterocycles. The summed E-state index contributed by atoms with van der Waals surface area (Å²) < 4.78 is 10.6. The highest BCUT2D eigenvalue weighted by molar-refractivity contribution is 5.13. The number of benzene rings is 1. The number of ether oxygens (including phenoxy) is 2. The van der Waals surface area contributed by atoms with Gasteiger partial charge in [-0.1, -0.05) is 30.3 Å². The van der Waals surface area contributed by atoms with Gasteiger partial charge in [0.25, 0.3) is 0 Å². The summed E-state index contributed by atoms with van der Waals surface area (Å²) in [6.45, 7) is 3.31. The van der Waals surface area contributed by atoms with Crippen molar-refractivity contribution in [2.75, 3.05) is 6.61 Å². The van der Waals surface area contributed by atoms with Crippen molar-refractivity contribution >= 4 is 0 Å². The fraction of sp³-hybridized carbons (Fsp3) is 0.400. The molecule has 1 heterocycles. The predicted octanol–water partition coefficient (Wildman–Crippen LogP) is 1.95. The third-order valence-corrected chi connectivity index (χ3v) is 1.94. The molecule has 2 nitrogen and oxygen atoms in total. The summed E-state index contributed by atoms with van der Waals surface area (Å²) in [5.41, 5.74) is 1.19. The van der Waals surface area contributed by atoms with E-state index in [9.17, 15) is 0 Å². The topological polar surface area (TPSA) is 21.8 Å². The lowest BCUT2D eigenvalue weighted by Gasteiger charge is -2.06. The van der Waals surface area contributed by atoms with Crippen LogP contribution in [0.25, 0.3) is 0 Å². The van der Waals surface area contributed by atoms with Gasteiger partial charge in [-0.2, -0.15) is 0 Å². The van der Waals surface area contributed by atoms with Crippen LogP contribution in [0.15, 0.2) is 30.3 Å². The largest absolute Gasteiger partial charge is 0.343 e. The molecule has 1 aromatic rings. The lowest BCUT2D eigenvalue weighted by atomic mass is 10.2. The van der Waals surface area contributed by atoms with Crippen molar-refractivity contribution in [2.24, 2.45) is 0 Å². The second-order valence-corrected chi connectivity index (χ2v) is 3.20. The van der Waals surface area contributed by atoms with Gasteiger partial charge in [0.15, 0.2) is 5.79 Å². The minimum absolute atomic E-state index is 0.296. The van der Waals surface area contributed by atoms with E-state index in [1.54, 1.807) is 0 Å². The minimum Gasteiger partial charge on any atom is -0.343 e. The van der Waals surface area contributed by atoms with Crippen LogP contribution >= 0.6 is 0 Å². The van der Waals surface area contributed by atoms with Crippen LogP contribution in [0.2, 0.25) is 0 Å². The zero-order valence-corrected chi connectivity index (χ0v) is 7.12. The molecule has 0 aromatic heterocycles. The summed E-state index contributed by atoms with van der Waals surface area (Å²) in [6.07, 6.45) is 0. The molecule has 64 valence electrons. The molecule has 0 amide bonds. The van der Waals surface area contributed by atoms with Gasteiger partial charge in [0.1, 0.15) is 6.61 Å². The van der Waals surface area contributed by atoms with Gasteiger partial charge in [0.05, 0.1) is 6.61 Å². The smallest absolute Gasteiger partial charge is 0.189 e. The minimum atomic E-state index is -0.296. The van der Waals surface area contributed by atoms with Crippen molar-refractivity contribution in [3.63, 3.8) is 0 Å². The number of rotatable bonds is 3. The van der Waals surface area contributed by atoms with E-state index < -0.39 is 0 Å². The molecule has 1 aliphatic heterocycles. The summed E-state index contributed by atoms with van der Waals surface area (Å²) in [4.78, 5) is 0. The normalized spacial score (nSPS) is 27.1. The summed E-state index contributed by atoms with van der Waals surface area (Å²) in [6, 6.07) is 10.1. The molecule has 0 aliphatic carbocycles. The Morgan fingerprint density at radius 3 is 2.67 bits per heavy atom. The standard InChI is InChI=1S/C10H12O2/c1-10(8-12-10)11-7-9-5-3-2-4-6-9/h2-6H,7-8H2,1H3/t10-/m0/s1. The van der Waals surface area contributed by atoms with Crippen molar-refractivity contribution in [2.45, 2.75) is 19.3 Å². The van der Waals surface area contributed by atoms with Crippen LogP contribution in [0.1, 0.15) is 12.5 Å². The van der Waals surface area contributed by atoms with E-state index in [4.69, 9.17) is 9.47 Å². The Kier molecular flexibility index (Phi) is 1.87. The fourth-order valence-electron chi connectivity index (χ4n) is 0.995. The molecule has 2 heteroatoms. The number of hydrogen-bond acceptors (Lipinski definition) is 2. The van der Waals surface area contributed by atoms with Gasteiger partial charge in [0.2, 0.25) is 0 Å². The molecule has 1 aromatic carbocycles. The van der Waals surface area contributed by atoms with Gasteiger partial charge in [0, 0.05) is 0 Å². The Balaban J connectivity index is 1.88. The van der Waals surface area contributed by atoms with Gasteiger partial charge in [-0.05, 0) is 12.5 Å². The molecule has 1 aliphatic rings. The summed E-state index contributed by atoms with van der Waals surface area (Å²) in [7, 11) is 0. The molecule has 0 bridgehead atoms. The second kappa shape index (κ2) is 2.88. The average Bonchev–Trinajstić information content (AvgIpc) is 2.84. The van der Waals surface area contributed by atoms with E-state index in [1.165, 1.54) is 5.56 Å². The Morgan fingerprint density at radius 1 is 1.42 bits per heavy atom. The van der Waals surface area contributed by atoms with Gasteiger partial charge in [-0.15, -0.1) is 0 Å². The van der Waals surface area contributed by atoms with Crippen molar-refractivity contribution in [3.05, 3.63) is 35.9 Å². The van der Waals surface area contributed by atoms with E-state index in [0.29, 0.717) is 6.61 Å². The molecule has 0 radical (unpaired) electrons. The summed E-state index contributed by atoms with van der Waals surface area (Å²) in [5.74, 6) is -0.296. The first-order valence-corrected chi connectivity index (χ1v) is 4.10. The quantitative estimate of drug-likeness (QED) is 0.637. The Labute approximate surface area is 72.1 Å². The highest BCUT2D eigenvalue weighted by Crippen LogP contribution is 2.28.